The molecule has 1 N–H and O–H groups in total. The lowest BCUT2D eigenvalue weighted by atomic mass is 10.1. The van der Waals surface area contributed by atoms with Crippen LogP contribution in [0.3, 0.4) is 0 Å². The second-order valence-electron chi connectivity index (χ2n) is 7.63. The summed E-state index contributed by atoms with van der Waals surface area (Å²) < 4.78 is 41.1. The lowest BCUT2D eigenvalue weighted by Gasteiger charge is -2.35. The molecule has 1 saturated heterocycles. The number of amides is 2. The number of benzene rings is 2. The van der Waals surface area contributed by atoms with Crippen molar-refractivity contribution < 1.29 is 22.4 Å². The van der Waals surface area contributed by atoms with E-state index in [0.29, 0.717) is 5.56 Å². The van der Waals surface area contributed by atoms with Gasteiger partial charge in [0.25, 0.3) is 11.8 Å². The highest BCUT2D eigenvalue weighted by atomic mass is 35.5. The van der Waals surface area contributed by atoms with Gasteiger partial charge in [-0.25, -0.2) is 17.5 Å². The molecule has 1 aliphatic heterocycles. The first-order valence-electron chi connectivity index (χ1n) is 9.90. The van der Waals surface area contributed by atoms with Crippen molar-refractivity contribution >= 4 is 33.4 Å². The predicted molar refractivity (Wildman–Crippen MR) is 113 cm³/mol. The molecule has 4 rings (SSSR count). The van der Waals surface area contributed by atoms with Crippen molar-refractivity contribution in [2.24, 2.45) is 0 Å². The second kappa shape index (κ2) is 8.57. The molecule has 0 radical (unpaired) electrons. The Morgan fingerprint density at radius 3 is 2.10 bits per heavy atom. The summed E-state index contributed by atoms with van der Waals surface area (Å²) in [6, 6.07) is 9.64. The van der Waals surface area contributed by atoms with Crippen molar-refractivity contribution in [3.05, 3.63) is 64.4 Å². The van der Waals surface area contributed by atoms with Crippen molar-refractivity contribution in [1.82, 2.24) is 14.5 Å². The van der Waals surface area contributed by atoms with Gasteiger partial charge in [-0.2, -0.15) is 0 Å². The molecule has 1 saturated carbocycles. The molecule has 2 aromatic carbocycles. The third-order valence-corrected chi connectivity index (χ3v) is 7.10. The summed E-state index contributed by atoms with van der Waals surface area (Å²) >= 11 is 5.87. The minimum atomic E-state index is -3.57. The molecule has 0 atom stereocenters. The number of hydrogen-bond donors (Lipinski definition) is 1. The molecule has 0 unspecified atom stereocenters. The maximum atomic E-state index is 14.0. The maximum absolute atomic E-state index is 14.0. The summed E-state index contributed by atoms with van der Waals surface area (Å²) in [5, 5.41) is 0.274. The third-order valence-electron chi connectivity index (χ3n) is 5.32. The Kier molecular flexibility index (Phi) is 6.00. The van der Waals surface area contributed by atoms with Gasteiger partial charge in [-0.15, -0.1) is 0 Å². The number of carbonyl (C=O) groups is 2. The van der Waals surface area contributed by atoms with Crippen LogP contribution >= 0.6 is 11.6 Å². The Morgan fingerprint density at radius 1 is 0.935 bits per heavy atom. The van der Waals surface area contributed by atoms with Gasteiger partial charge in [0.2, 0.25) is 10.0 Å². The van der Waals surface area contributed by atoms with Gasteiger partial charge in [0, 0.05) is 42.8 Å². The minimum absolute atomic E-state index is 0.00528. The fraction of sp³-hybridized carbons (Fsp3) is 0.333. The van der Waals surface area contributed by atoms with Crippen LogP contribution in [0, 0.1) is 5.82 Å². The van der Waals surface area contributed by atoms with Gasteiger partial charge >= 0.3 is 0 Å². The van der Waals surface area contributed by atoms with Gasteiger partial charge in [0.15, 0.2) is 0 Å². The van der Waals surface area contributed by atoms with Gasteiger partial charge in [-0.05, 0) is 55.3 Å². The number of nitrogens with zero attached hydrogens (tertiary/aromatic N) is 2. The molecule has 0 aromatic heterocycles. The van der Waals surface area contributed by atoms with Crippen LogP contribution in [-0.4, -0.2) is 62.3 Å². The highest BCUT2D eigenvalue weighted by Gasteiger charge is 2.29. The third kappa shape index (κ3) is 4.89. The fourth-order valence-electron chi connectivity index (χ4n) is 3.39. The highest BCUT2D eigenvalue weighted by Crippen LogP contribution is 2.23. The number of carbonyl (C=O) groups excluding carboxylic acids is 2. The van der Waals surface area contributed by atoms with Gasteiger partial charge in [-0.3, -0.25) is 9.59 Å². The zero-order valence-corrected chi connectivity index (χ0v) is 18.1. The Balaban J connectivity index is 1.38. The van der Waals surface area contributed by atoms with Crippen molar-refractivity contribution in [3.63, 3.8) is 0 Å². The first-order chi connectivity index (χ1) is 14.7. The molecule has 2 amide bonds. The lowest BCUT2D eigenvalue weighted by Crippen LogP contribution is -2.50. The van der Waals surface area contributed by atoms with Crippen LogP contribution in [0.5, 0.6) is 0 Å². The van der Waals surface area contributed by atoms with E-state index in [0.717, 1.165) is 18.9 Å². The molecular weight excluding hydrogens is 445 g/mol. The molecule has 2 aliphatic rings. The number of nitrogens with one attached hydrogen (secondary N) is 1. The van der Waals surface area contributed by atoms with Crippen LogP contribution in [0.1, 0.15) is 33.6 Å². The van der Waals surface area contributed by atoms with Gasteiger partial charge in [0.05, 0.1) is 10.5 Å². The first-order valence-corrected chi connectivity index (χ1v) is 11.8. The van der Waals surface area contributed by atoms with E-state index in [4.69, 9.17) is 11.6 Å². The molecular formula is C21H21ClFN3O4S. The second-order valence-corrected chi connectivity index (χ2v) is 9.78. The topological polar surface area (TPSA) is 86.8 Å². The molecule has 1 aliphatic carbocycles. The number of hydrogen-bond acceptors (Lipinski definition) is 4. The summed E-state index contributed by atoms with van der Waals surface area (Å²) in [7, 11) is -3.57. The van der Waals surface area contributed by atoms with E-state index >= 15 is 0 Å². The monoisotopic (exact) mass is 465 g/mol. The Labute approximate surface area is 184 Å². The van der Waals surface area contributed by atoms with Crippen LogP contribution in [0.2, 0.25) is 5.02 Å². The number of sulfonamides is 1. The standard InChI is InChI=1S/C21H21ClFN3O4S/c22-15-3-8-19(23)18(13-15)21(28)26-11-9-25(10-12-26)20(27)14-1-6-17(7-2-14)31(29,30)24-16-4-5-16/h1-3,6-8,13,16,24H,4-5,9-12H2. The van der Waals surface area contributed by atoms with Crippen LogP contribution in [-0.2, 0) is 10.0 Å². The molecule has 1 heterocycles. The Bertz CT molecular complexity index is 1110. The van der Waals surface area contributed by atoms with Crippen molar-refractivity contribution in [2.45, 2.75) is 23.8 Å². The van der Waals surface area contributed by atoms with Gasteiger partial charge in [-0.1, -0.05) is 11.6 Å². The number of piperazine rings is 1. The average Bonchev–Trinajstić information content (AvgIpc) is 3.58. The number of halogens is 2. The largest absolute Gasteiger partial charge is 0.335 e. The van der Waals surface area contributed by atoms with E-state index < -0.39 is 21.7 Å². The average molecular weight is 466 g/mol. The molecule has 0 bridgehead atoms. The molecule has 0 spiro atoms. The zero-order chi connectivity index (χ0) is 22.2. The molecule has 31 heavy (non-hydrogen) atoms. The van der Waals surface area contributed by atoms with Crippen molar-refractivity contribution in [2.75, 3.05) is 26.2 Å². The smallest absolute Gasteiger partial charge is 0.257 e. The van der Waals surface area contributed by atoms with Crippen molar-refractivity contribution in [3.8, 4) is 0 Å². The van der Waals surface area contributed by atoms with Crippen LogP contribution in [0.25, 0.3) is 0 Å². The molecule has 2 aromatic rings. The van der Waals surface area contributed by atoms with E-state index in [1.807, 2.05) is 0 Å². The Hall–Kier alpha value is -2.49. The quantitative estimate of drug-likeness (QED) is 0.735. The van der Waals surface area contributed by atoms with E-state index in [1.54, 1.807) is 4.90 Å². The summed E-state index contributed by atoms with van der Waals surface area (Å²) in [6.45, 7) is 1.09. The Morgan fingerprint density at radius 2 is 1.52 bits per heavy atom. The van der Waals surface area contributed by atoms with Gasteiger partial charge in [0.1, 0.15) is 5.82 Å². The zero-order valence-electron chi connectivity index (χ0n) is 16.6. The molecule has 164 valence electrons. The van der Waals surface area contributed by atoms with E-state index in [1.165, 1.54) is 41.3 Å². The normalized spacial score (nSPS) is 17.0. The minimum Gasteiger partial charge on any atom is -0.335 e. The number of rotatable bonds is 5. The summed E-state index contributed by atoms with van der Waals surface area (Å²) in [5.74, 6) is -1.36. The summed E-state index contributed by atoms with van der Waals surface area (Å²) in [5.41, 5.74) is 0.273. The SMILES string of the molecule is O=C(c1ccc(S(=O)(=O)NC2CC2)cc1)N1CCN(C(=O)c2cc(Cl)ccc2F)CC1. The maximum Gasteiger partial charge on any atom is 0.257 e. The van der Waals surface area contributed by atoms with E-state index in [-0.39, 0.29) is 53.6 Å². The molecule has 2 fully saturated rings. The highest BCUT2D eigenvalue weighted by molar-refractivity contribution is 7.89. The van der Waals surface area contributed by atoms with Crippen LogP contribution < -0.4 is 4.72 Å². The van der Waals surface area contributed by atoms with E-state index in [9.17, 15) is 22.4 Å². The van der Waals surface area contributed by atoms with Crippen molar-refractivity contribution in [1.29, 1.82) is 0 Å². The summed E-state index contributed by atoms with van der Waals surface area (Å²) in [6.07, 6.45) is 1.68. The van der Waals surface area contributed by atoms with Gasteiger partial charge < -0.3 is 9.80 Å². The van der Waals surface area contributed by atoms with E-state index in [2.05, 4.69) is 4.72 Å². The van der Waals surface area contributed by atoms with Crippen LogP contribution in [0.4, 0.5) is 4.39 Å². The lowest BCUT2D eigenvalue weighted by molar-refractivity contribution is 0.0533. The molecule has 10 heteroatoms. The van der Waals surface area contributed by atoms with Crippen LogP contribution in [0.15, 0.2) is 47.4 Å². The molecule has 7 nitrogen and oxygen atoms in total. The fourth-order valence-corrected chi connectivity index (χ4v) is 4.87. The predicted octanol–water partition coefficient (Wildman–Crippen LogP) is 2.52. The first kappa shape index (κ1) is 21.7. The summed E-state index contributed by atoms with van der Waals surface area (Å²) in [4.78, 5) is 28.6.